The molecule has 86 valence electrons. The summed E-state index contributed by atoms with van der Waals surface area (Å²) in [6.45, 7) is 1.59. The lowest BCUT2D eigenvalue weighted by molar-refractivity contribution is 0.478. The van der Waals surface area contributed by atoms with Crippen molar-refractivity contribution in [2.75, 3.05) is 16.9 Å². The van der Waals surface area contributed by atoms with Crippen molar-refractivity contribution >= 4 is 11.4 Å². The molecular weight excluding hydrogens is 212 g/mol. The van der Waals surface area contributed by atoms with Gasteiger partial charge in [0.1, 0.15) is 11.4 Å². The van der Waals surface area contributed by atoms with E-state index in [9.17, 15) is 5.11 Å². The zero-order valence-electron chi connectivity index (χ0n) is 9.43. The maximum absolute atomic E-state index is 9.73. The summed E-state index contributed by atoms with van der Waals surface area (Å²) >= 11 is 0. The lowest BCUT2D eigenvalue weighted by Gasteiger charge is -2.17. The zero-order chi connectivity index (χ0) is 11.7. The highest BCUT2D eigenvalue weighted by Crippen LogP contribution is 2.38. The lowest BCUT2D eigenvalue weighted by Crippen LogP contribution is -2.21. The van der Waals surface area contributed by atoms with E-state index in [-0.39, 0.29) is 0 Å². The van der Waals surface area contributed by atoms with Crippen molar-refractivity contribution in [2.45, 2.75) is 6.54 Å². The van der Waals surface area contributed by atoms with Gasteiger partial charge in [-0.15, -0.1) is 0 Å². The first-order chi connectivity index (χ1) is 8.34. The molecule has 0 spiro atoms. The summed E-state index contributed by atoms with van der Waals surface area (Å²) in [6.07, 6.45) is 0. The number of phenols is 1. The molecule has 0 atom stereocenters. The molecule has 0 amide bonds. The third-order valence-corrected chi connectivity index (χ3v) is 3.02. The van der Waals surface area contributed by atoms with Crippen molar-refractivity contribution in [3.05, 3.63) is 54.1 Å². The van der Waals surface area contributed by atoms with E-state index in [2.05, 4.69) is 22.3 Å². The highest BCUT2D eigenvalue weighted by molar-refractivity contribution is 5.80. The molecule has 17 heavy (non-hydrogen) atoms. The maximum Gasteiger partial charge on any atom is 0.140 e. The molecule has 0 radical (unpaired) electrons. The maximum atomic E-state index is 9.73. The second kappa shape index (κ2) is 4.01. The number of anilines is 2. The fraction of sp³-hybridized carbons (Fsp3) is 0.143. The molecule has 0 fully saturated rings. The zero-order valence-corrected chi connectivity index (χ0v) is 9.43. The van der Waals surface area contributed by atoms with Crippen LogP contribution in [0.2, 0.25) is 0 Å². The van der Waals surface area contributed by atoms with Crippen LogP contribution < -0.4 is 10.2 Å². The summed E-state index contributed by atoms with van der Waals surface area (Å²) in [5.41, 5.74) is 3.17. The summed E-state index contributed by atoms with van der Waals surface area (Å²) in [5.74, 6) is 0.318. The summed E-state index contributed by atoms with van der Waals surface area (Å²) < 4.78 is 0. The molecule has 0 bridgehead atoms. The molecule has 0 saturated carbocycles. The highest BCUT2D eigenvalue weighted by Gasteiger charge is 2.20. The number of rotatable bonds is 2. The molecule has 0 aromatic heterocycles. The van der Waals surface area contributed by atoms with E-state index < -0.39 is 0 Å². The molecule has 3 heteroatoms. The number of aromatic hydroxyl groups is 1. The van der Waals surface area contributed by atoms with E-state index in [4.69, 9.17) is 0 Å². The average molecular weight is 226 g/mol. The summed E-state index contributed by atoms with van der Waals surface area (Å²) in [6, 6.07) is 15.9. The Morgan fingerprint density at radius 3 is 2.71 bits per heavy atom. The predicted molar refractivity (Wildman–Crippen MR) is 69.2 cm³/mol. The van der Waals surface area contributed by atoms with Crippen LogP contribution in [0.25, 0.3) is 0 Å². The Morgan fingerprint density at radius 2 is 1.88 bits per heavy atom. The third kappa shape index (κ3) is 1.80. The summed E-state index contributed by atoms with van der Waals surface area (Å²) in [5, 5.41) is 12.9. The highest BCUT2D eigenvalue weighted by atomic mass is 16.3. The predicted octanol–water partition coefficient (Wildman–Crippen LogP) is 2.78. The number of phenolic OH excluding ortho intramolecular Hbond substituents is 1. The van der Waals surface area contributed by atoms with Crippen molar-refractivity contribution in [1.82, 2.24) is 0 Å². The lowest BCUT2D eigenvalue weighted by atomic mass is 10.2. The van der Waals surface area contributed by atoms with Crippen LogP contribution in [-0.4, -0.2) is 11.8 Å². The van der Waals surface area contributed by atoms with E-state index in [1.807, 2.05) is 30.3 Å². The average Bonchev–Trinajstić information content (AvgIpc) is 2.76. The fourth-order valence-corrected chi connectivity index (χ4v) is 2.18. The van der Waals surface area contributed by atoms with Crippen LogP contribution in [0.15, 0.2) is 48.5 Å². The van der Waals surface area contributed by atoms with Crippen LogP contribution in [-0.2, 0) is 6.54 Å². The van der Waals surface area contributed by atoms with Gasteiger partial charge in [-0.3, -0.25) is 0 Å². The molecule has 3 nitrogen and oxygen atoms in total. The van der Waals surface area contributed by atoms with Crippen LogP contribution in [0.5, 0.6) is 5.75 Å². The van der Waals surface area contributed by atoms with Gasteiger partial charge in [0.15, 0.2) is 0 Å². The van der Waals surface area contributed by atoms with Crippen molar-refractivity contribution in [1.29, 1.82) is 0 Å². The Bertz CT molecular complexity index is 525. The van der Waals surface area contributed by atoms with Gasteiger partial charge in [-0.1, -0.05) is 36.4 Å². The molecule has 0 unspecified atom stereocenters. The smallest absolute Gasteiger partial charge is 0.140 e. The van der Waals surface area contributed by atoms with E-state index in [0.29, 0.717) is 5.75 Å². The van der Waals surface area contributed by atoms with Crippen molar-refractivity contribution in [3.63, 3.8) is 0 Å². The van der Waals surface area contributed by atoms with Crippen LogP contribution in [0.3, 0.4) is 0 Å². The molecule has 1 aliphatic heterocycles. The van der Waals surface area contributed by atoms with E-state index >= 15 is 0 Å². The van der Waals surface area contributed by atoms with Gasteiger partial charge in [-0.2, -0.15) is 0 Å². The van der Waals surface area contributed by atoms with Crippen molar-refractivity contribution in [2.24, 2.45) is 0 Å². The minimum Gasteiger partial charge on any atom is -0.506 e. The Kier molecular flexibility index (Phi) is 2.37. The molecule has 0 aliphatic carbocycles. The minimum absolute atomic E-state index is 0.318. The molecule has 1 heterocycles. The minimum atomic E-state index is 0.318. The van der Waals surface area contributed by atoms with Gasteiger partial charge < -0.3 is 15.3 Å². The number of para-hydroxylation sites is 1. The Hall–Kier alpha value is -2.16. The van der Waals surface area contributed by atoms with Crippen LogP contribution in [0.4, 0.5) is 11.4 Å². The van der Waals surface area contributed by atoms with Crippen LogP contribution >= 0.6 is 0 Å². The van der Waals surface area contributed by atoms with Crippen molar-refractivity contribution < 1.29 is 5.11 Å². The van der Waals surface area contributed by atoms with Crippen LogP contribution in [0.1, 0.15) is 5.56 Å². The van der Waals surface area contributed by atoms with E-state index in [0.717, 1.165) is 24.6 Å². The first kappa shape index (κ1) is 10.0. The number of nitrogens with zero attached hydrogens (tertiary/aromatic N) is 1. The SMILES string of the molecule is Oc1cccc2c1NCN2Cc1ccccc1. The van der Waals surface area contributed by atoms with Gasteiger partial charge in [0.25, 0.3) is 0 Å². The topological polar surface area (TPSA) is 35.5 Å². The van der Waals surface area contributed by atoms with Gasteiger partial charge in [-0.25, -0.2) is 0 Å². The van der Waals surface area contributed by atoms with Crippen LogP contribution in [0, 0.1) is 0 Å². The third-order valence-electron chi connectivity index (χ3n) is 3.02. The molecular formula is C14H14N2O. The number of hydrogen-bond acceptors (Lipinski definition) is 3. The molecule has 2 N–H and O–H groups in total. The number of nitrogens with one attached hydrogen (secondary N) is 1. The normalized spacial score (nSPS) is 13.3. The number of hydrogen-bond donors (Lipinski definition) is 2. The first-order valence-corrected chi connectivity index (χ1v) is 5.69. The quantitative estimate of drug-likeness (QED) is 0.773. The Morgan fingerprint density at radius 1 is 1.06 bits per heavy atom. The van der Waals surface area contributed by atoms with Gasteiger partial charge in [0.2, 0.25) is 0 Å². The molecule has 1 aliphatic rings. The van der Waals surface area contributed by atoms with Gasteiger partial charge in [0.05, 0.1) is 12.4 Å². The number of benzene rings is 2. The van der Waals surface area contributed by atoms with E-state index in [1.165, 1.54) is 5.56 Å². The molecule has 0 saturated heterocycles. The van der Waals surface area contributed by atoms with Gasteiger partial charge >= 0.3 is 0 Å². The van der Waals surface area contributed by atoms with Gasteiger partial charge in [0, 0.05) is 6.54 Å². The summed E-state index contributed by atoms with van der Waals surface area (Å²) in [7, 11) is 0. The largest absolute Gasteiger partial charge is 0.506 e. The Labute approximate surface area is 100 Å². The van der Waals surface area contributed by atoms with E-state index in [1.54, 1.807) is 6.07 Å². The fourth-order valence-electron chi connectivity index (χ4n) is 2.18. The monoisotopic (exact) mass is 226 g/mol. The first-order valence-electron chi connectivity index (χ1n) is 5.69. The standard InChI is InChI=1S/C14H14N2O/c17-13-8-4-7-12-14(13)15-10-16(12)9-11-5-2-1-3-6-11/h1-8,15,17H,9-10H2. The van der Waals surface area contributed by atoms with Gasteiger partial charge in [-0.05, 0) is 17.7 Å². The van der Waals surface area contributed by atoms with Crippen molar-refractivity contribution in [3.8, 4) is 5.75 Å². The summed E-state index contributed by atoms with van der Waals surface area (Å²) in [4.78, 5) is 2.21. The Balaban J connectivity index is 1.87. The molecule has 2 aromatic rings. The molecule has 3 rings (SSSR count). The molecule has 2 aromatic carbocycles. The number of fused-ring (bicyclic) bond motifs is 1. The second-order valence-corrected chi connectivity index (χ2v) is 4.19. The second-order valence-electron chi connectivity index (χ2n) is 4.19.